The lowest BCUT2D eigenvalue weighted by Crippen LogP contribution is -2.28. The van der Waals surface area contributed by atoms with Crippen molar-refractivity contribution in [3.8, 4) is 0 Å². The van der Waals surface area contributed by atoms with Gasteiger partial charge in [0.15, 0.2) is 5.82 Å². The van der Waals surface area contributed by atoms with E-state index in [-0.39, 0.29) is 6.54 Å². The van der Waals surface area contributed by atoms with Gasteiger partial charge in [0.25, 0.3) is 0 Å². The summed E-state index contributed by atoms with van der Waals surface area (Å²) in [5.41, 5.74) is 2.42. The summed E-state index contributed by atoms with van der Waals surface area (Å²) in [5.74, 6) is 0.504. The number of aryl methyl sites for hydroxylation is 3. The van der Waals surface area contributed by atoms with E-state index >= 15 is 0 Å². The maximum absolute atomic E-state index is 12.7. The lowest BCUT2D eigenvalue weighted by atomic mass is 9.92. The number of sulfonamides is 1. The highest BCUT2D eigenvalue weighted by Crippen LogP contribution is 2.25. The monoisotopic (exact) mass is 321 g/mol. The Hall–Kier alpha value is -1.80. The third-order valence-electron chi connectivity index (χ3n) is 4.10. The van der Waals surface area contributed by atoms with E-state index in [0.29, 0.717) is 10.7 Å². The molecule has 0 N–H and O–H groups in total. The minimum absolute atomic E-state index is 0.142. The average molecular weight is 321 g/mol. The van der Waals surface area contributed by atoms with Gasteiger partial charge in [-0.1, -0.05) is 6.07 Å². The molecular weight excluding hydrogens is 302 g/mol. The first kappa shape index (κ1) is 15.1. The topological polar surface area (TPSA) is 81.0 Å². The van der Waals surface area contributed by atoms with Crippen LogP contribution in [-0.2, 0) is 36.5 Å². The number of hydrogen-bond acceptors (Lipinski definition) is 5. The van der Waals surface area contributed by atoms with E-state index in [9.17, 15) is 8.42 Å². The molecule has 0 saturated carbocycles. The molecule has 0 fully saturated rings. The molecule has 8 heteroatoms. The fourth-order valence-corrected chi connectivity index (χ4v) is 3.89. The number of tetrazole rings is 1. The van der Waals surface area contributed by atoms with E-state index in [1.165, 1.54) is 21.0 Å². The van der Waals surface area contributed by atoms with Crippen molar-refractivity contribution in [3.63, 3.8) is 0 Å². The smallest absolute Gasteiger partial charge is 0.231 e. The molecule has 3 rings (SSSR count). The normalized spacial score (nSPS) is 15.0. The van der Waals surface area contributed by atoms with Crippen LogP contribution in [0.2, 0.25) is 0 Å². The summed E-state index contributed by atoms with van der Waals surface area (Å²) in [6.45, 7) is 0.142. The Kier molecular flexibility index (Phi) is 3.96. The molecule has 22 heavy (non-hydrogen) atoms. The zero-order valence-electron chi connectivity index (χ0n) is 12.7. The third-order valence-corrected chi connectivity index (χ3v) is 5.90. The second-order valence-electron chi connectivity index (χ2n) is 5.62. The van der Waals surface area contributed by atoms with Crippen LogP contribution in [0.1, 0.15) is 29.8 Å². The van der Waals surface area contributed by atoms with Crippen molar-refractivity contribution < 1.29 is 8.42 Å². The number of fused-ring (bicyclic) bond motifs is 1. The van der Waals surface area contributed by atoms with Gasteiger partial charge in [-0.05, 0) is 59.4 Å². The van der Waals surface area contributed by atoms with Crippen molar-refractivity contribution in [2.24, 2.45) is 7.05 Å². The van der Waals surface area contributed by atoms with E-state index in [0.717, 1.165) is 24.8 Å². The fourth-order valence-electron chi connectivity index (χ4n) is 2.72. The molecule has 1 aromatic carbocycles. The molecule has 0 amide bonds. The van der Waals surface area contributed by atoms with Crippen LogP contribution in [0, 0.1) is 0 Å². The number of hydrogen-bond donors (Lipinski definition) is 0. The number of benzene rings is 1. The Morgan fingerprint density at radius 2 is 1.95 bits per heavy atom. The van der Waals surface area contributed by atoms with Gasteiger partial charge in [-0.2, -0.15) is 4.31 Å². The van der Waals surface area contributed by atoms with Crippen LogP contribution in [0.3, 0.4) is 0 Å². The SMILES string of the molecule is CN(Cc1nnnn1C)S(=O)(=O)c1ccc2c(c1)CCCC2. The maximum Gasteiger partial charge on any atom is 0.243 e. The molecule has 0 atom stereocenters. The zero-order valence-corrected chi connectivity index (χ0v) is 13.5. The highest BCUT2D eigenvalue weighted by molar-refractivity contribution is 7.89. The first-order valence-corrected chi connectivity index (χ1v) is 8.72. The first-order chi connectivity index (χ1) is 10.5. The molecule has 7 nitrogen and oxygen atoms in total. The summed E-state index contributed by atoms with van der Waals surface area (Å²) in [7, 11) is -0.307. The minimum Gasteiger partial charge on any atom is -0.231 e. The lowest BCUT2D eigenvalue weighted by molar-refractivity contribution is 0.447. The summed E-state index contributed by atoms with van der Waals surface area (Å²) < 4.78 is 28.2. The predicted octanol–water partition coefficient (Wildman–Crippen LogP) is 0.910. The molecule has 0 spiro atoms. The Labute approximate surface area is 130 Å². The third kappa shape index (κ3) is 2.76. The molecule has 0 saturated heterocycles. The molecule has 118 valence electrons. The maximum atomic E-state index is 12.7. The van der Waals surface area contributed by atoms with Gasteiger partial charge in [0.1, 0.15) is 0 Å². The quantitative estimate of drug-likeness (QED) is 0.836. The molecular formula is C14H19N5O2S. The number of rotatable bonds is 4. The van der Waals surface area contributed by atoms with Crippen molar-refractivity contribution in [1.82, 2.24) is 24.5 Å². The van der Waals surface area contributed by atoms with E-state index in [1.807, 2.05) is 12.1 Å². The minimum atomic E-state index is -3.54. The van der Waals surface area contributed by atoms with E-state index < -0.39 is 10.0 Å². The van der Waals surface area contributed by atoms with Gasteiger partial charge in [-0.3, -0.25) is 0 Å². The van der Waals surface area contributed by atoms with Gasteiger partial charge in [0.2, 0.25) is 10.0 Å². The molecule has 1 heterocycles. The molecule has 1 aliphatic rings. The van der Waals surface area contributed by atoms with Gasteiger partial charge < -0.3 is 0 Å². The Morgan fingerprint density at radius 3 is 2.64 bits per heavy atom. The van der Waals surface area contributed by atoms with Crippen molar-refractivity contribution in [3.05, 3.63) is 35.2 Å². The second-order valence-corrected chi connectivity index (χ2v) is 7.66. The average Bonchev–Trinajstić information content (AvgIpc) is 2.92. The summed E-state index contributed by atoms with van der Waals surface area (Å²) in [6.07, 6.45) is 4.29. The Balaban J connectivity index is 1.87. The largest absolute Gasteiger partial charge is 0.243 e. The van der Waals surface area contributed by atoms with Crippen LogP contribution in [0.25, 0.3) is 0 Å². The van der Waals surface area contributed by atoms with E-state index in [4.69, 9.17) is 0 Å². The predicted molar refractivity (Wildman–Crippen MR) is 80.5 cm³/mol. The van der Waals surface area contributed by atoms with Gasteiger partial charge in [0.05, 0.1) is 11.4 Å². The molecule has 0 aliphatic heterocycles. The lowest BCUT2D eigenvalue weighted by Gasteiger charge is -2.20. The zero-order chi connectivity index (χ0) is 15.7. The molecule has 1 aliphatic carbocycles. The standard InChI is InChI=1S/C14H19N5O2S/c1-18(10-14-15-16-17-19(14)2)22(20,21)13-8-7-11-5-3-4-6-12(11)9-13/h7-9H,3-6,10H2,1-2H3. The van der Waals surface area contributed by atoms with Gasteiger partial charge in [0, 0.05) is 14.1 Å². The summed E-state index contributed by atoms with van der Waals surface area (Å²) in [4.78, 5) is 0.339. The molecule has 0 bridgehead atoms. The van der Waals surface area contributed by atoms with Crippen molar-refractivity contribution in [2.75, 3.05) is 7.05 Å². The van der Waals surface area contributed by atoms with Gasteiger partial charge >= 0.3 is 0 Å². The highest BCUT2D eigenvalue weighted by atomic mass is 32.2. The first-order valence-electron chi connectivity index (χ1n) is 7.28. The molecule has 0 unspecified atom stereocenters. The van der Waals surface area contributed by atoms with Crippen LogP contribution in [0.4, 0.5) is 0 Å². The number of nitrogens with zero attached hydrogens (tertiary/aromatic N) is 5. The summed E-state index contributed by atoms with van der Waals surface area (Å²) >= 11 is 0. The van der Waals surface area contributed by atoms with Gasteiger partial charge in [-0.25, -0.2) is 13.1 Å². The van der Waals surface area contributed by atoms with Crippen molar-refractivity contribution in [1.29, 1.82) is 0 Å². The molecule has 1 aromatic heterocycles. The second kappa shape index (κ2) is 5.77. The van der Waals surface area contributed by atoms with Crippen molar-refractivity contribution in [2.45, 2.75) is 37.1 Å². The van der Waals surface area contributed by atoms with E-state index in [1.54, 1.807) is 20.2 Å². The van der Waals surface area contributed by atoms with Crippen LogP contribution in [0.15, 0.2) is 23.1 Å². The molecule has 2 aromatic rings. The molecule has 0 radical (unpaired) electrons. The number of aromatic nitrogens is 4. The van der Waals surface area contributed by atoms with Crippen LogP contribution in [-0.4, -0.2) is 40.0 Å². The fraction of sp³-hybridized carbons (Fsp3) is 0.500. The van der Waals surface area contributed by atoms with Crippen molar-refractivity contribution >= 4 is 10.0 Å². The van der Waals surface area contributed by atoms with Crippen LogP contribution in [0.5, 0.6) is 0 Å². The Bertz CT molecular complexity index is 784. The van der Waals surface area contributed by atoms with Crippen LogP contribution >= 0.6 is 0 Å². The van der Waals surface area contributed by atoms with Crippen LogP contribution < -0.4 is 0 Å². The summed E-state index contributed by atoms with van der Waals surface area (Å²) in [6, 6.07) is 5.46. The highest BCUT2D eigenvalue weighted by Gasteiger charge is 2.24. The van der Waals surface area contributed by atoms with E-state index in [2.05, 4.69) is 15.5 Å². The Morgan fingerprint density at radius 1 is 1.23 bits per heavy atom. The summed E-state index contributed by atoms with van der Waals surface area (Å²) in [5, 5.41) is 11.1. The van der Waals surface area contributed by atoms with Gasteiger partial charge in [-0.15, -0.1) is 5.10 Å².